The fourth-order valence-electron chi connectivity index (χ4n) is 2.85. The van der Waals surface area contributed by atoms with Gasteiger partial charge in [0.2, 0.25) is 0 Å². The molecule has 0 spiro atoms. The summed E-state index contributed by atoms with van der Waals surface area (Å²) in [5.74, 6) is 0. The van der Waals surface area contributed by atoms with Crippen molar-refractivity contribution in [3.05, 3.63) is 0 Å². The quantitative estimate of drug-likeness (QED) is 0.235. The van der Waals surface area contributed by atoms with Gasteiger partial charge in [0.1, 0.15) is 18.3 Å². The first-order valence-electron chi connectivity index (χ1n) is 10.1. The SMILES string of the molecule is CCCCCC(C)(C)CCC(C)(O)C(CO)OCC(O)COC(CO)CO. The van der Waals surface area contributed by atoms with Crippen LogP contribution < -0.4 is 0 Å². The molecule has 3 atom stereocenters. The first-order chi connectivity index (χ1) is 12.6. The number of rotatable bonds is 17. The zero-order chi connectivity index (χ0) is 20.9. The highest BCUT2D eigenvalue weighted by atomic mass is 16.5. The standard InChI is InChI=1S/C20H42O7/c1-5-6-7-8-19(2,3)9-10-20(4,25)18(13-23)27-15-16(24)14-26-17(11-21)12-22/h16-18,21-25H,5-15H2,1-4H3. The molecule has 0 rings (SSSR count). The average Bonchev–Trinajstić information content (AvgIpc) is 2.61. The maximum Gasteiger partial charge on any atom is 0.109 e. The minimum atomic E-state index is -1.21. The fourth-order valence-corrected chi connectivity index (χ4v) is 2.85. The molecule has 0 saturated carbocycles. The third-order valence-electron chi connectivity index (χ3n) is 5.05. The van der Waals surface area contributed by atoms with Gasteiger partial charge >= 0.3 is 0 Å². The molecule has 5 N–H and O–H groups in total. The molecule has 3 unspecified atom stereocenters. The molecule has 0 aromatic heterocycles. The lowest BCUT2D eigenvalue weighted by Crippen LogP contribution is -2.45. The summed E-state index contributed by atoms with van der Waals surface area (Å²) in [7, 11) is 0. The van der Waals surface area contributed by atoms with Gasteiger partial charge in [0.15, 0.2) is 0 Å². The number of hydrogen-bond donors (Lipinski definition) is 5. The molecule has 0 aromatic rings. The van der Waals surface area contributed by atoms with Crippen molar-refractivity contribution in [1.29, 1.82) is 0 Å². The lowest BCUT2D eigenvalue weighted by atomic mass is 9.78. The Labute approximate surface area is 164 Å². The summed E-state index contributed by atoms with van der Waals surface area (Å²) in [6.07, 6.45) is 3.39. The van der Waals surface area contributed by atoms with E-state index < -0.39 is 23.9 Å². The van der Waals surface area contributed by atoms with Crippen molar-refractivity contribution in [2.45, 2.75) is 90.1 Å². The Balaban J connectivity index is 4.41. The van der Waals surface area contributed by atoms with E-state index in [1.165, 1.54) is 19.3 Å². The van der Waals surface area contributed by atoms with Crippen molar-refractivity contribution in [2.24, 2.45) is 5.41 Å². The van der Waals surface area contributed by atoms with Crippen molar-refractivity contribution in [1.82, 2.24) is 0 Å². The monoisotopic (exact) mass is 394 g/mol. The molecule has 27 heavy (non-hydrogen) atoms. The molecule has 0 saturated heterocycles. The maximum atomic E-state index is 10.8. The van der Waals surface area contributed by atoms with Gasteiger partial charge in [-0.3, -0.25) is 0 Å². The van der Waals surface area contributed by atoms with E-state index in [-0.39, 0.29) is 38.4 Å². The molecule has 0 aliphatic carbocycles. The lowest BCUT2D eigenvalue weighted by molar-refractivity contribution is -0.147. The zero-order valence-electron chi connectivity index (χ0n) is 17.6. The Hall–Kier alpha value is -0.280. The number of unbranched alkanes of at least 4 members (excludes halogenated alkanes) is 2. The van der Waals surface area contributed by atoms with Crippen molar-refractivity contribution in [3.63, 3.8) is 0 Å². The Kier molecular flexibility index (Phi) is 13.7. The molecule has 0 aliphatic heterocycles. The second-order valence-corrected chi connectivity index (χ2v) is 8.46. The number of aliphatic hydroxyl groups excluding tert-OH is 4. The molecule has 7 nitrogen and oxygen atoms in total. The first kappa shape index (κ1) is 26.7. The number of ether oxygens (including phenoxy) is 2. The van der Waals surface area contributed by atoms with E-state index in [0.29, 0.717) is 6.42 Å². The van der Waals surface area contributed by atoms with Gasteiger partial charge in [-0.2, -0.15) is 0 Å². The average molecular weight is 395 g/mol. The molecule has 0 amide bonds. The highest BCUT2D eigenvalue weighted by molar-refractivity contribution is 4.85. The summed E-state index contributed by atoms with van der Waals surface area (Å²) in [6, 6.07) is 0. The predicted octanol–water partition coefficient (Wildman–Crippen LogP) is 1.23. The predicted molar refractivity (Wildman–Crippen MR) is 105 cm³/mol. The van der Waals surface area contributed by atoms with Crippen molar-refractivity contribution < 1.29 is 35.0 Å². The van der Waals surface area contributed by atoms with E-state index in [1.54, 1.807) is 6.92 Å². The topological polar surface area (TPSA) is 120 Å². The molecular formula is C20H42O7. The van der Waals surface area contributed by atoms with Crippen LogP contribution >= 0.6 is 0 Å². The summed E-state index contributed by atoms with van der Waals surface area (Å²) in [5, 5.41) is 48.1. The number of aliphatic hydroxyl groups is 5. The van der Waals surface area contributed by atoms with Crippen LogP contribution in [0.15, 0.2) is 0 Å². The van der Waals surface area contributed by atoms with E-state index in [1.807, 2.05) is 0 Å². The lowest BCUT2D eigenvalue weighted by Gasteiger charge is -2.35. The van der Waals surface area contributed by atoms with Crippen LogP contribution in [0.25, 0.3) is 0 Å². The van der Waals surface area contributed by atoms with E-state index in [9.17, 15) is 15.3 Å². The highest BCUT2D eigenvalue weighted by Crippen LogP contribution is 2.33. The summed E-state index contributed by atoms with van der Waals surface area (Å²) in [4.78, 5) is 0. The highest BCUT2D eigenvalue weighted by Gasteiger charge is 2.34. The molecule has 0 bridgehead atoms. The third kappa shape index (κ3) is 12.0. The van der Waals surface area contributed by atoms with Gasteiger partial charge in [-0.15, -0.1) is 0 Å². The summed E-state index contributed by atoms with van der Waals surface area (Å²) < 4.78 is 10.7. The van der Waals surface area contributed by atoms with E-state index in [0.717, 1.165) is 12.8 Å². The summed E-state index contributed by atoms with van der Waals surface area (Å²) in [5.41, 5.74) is -1.10. The molecule has 0 fully saturated rings. The normalized spacial score (nSPS) is 17.1. The van der Waals surface area contributed by atoms with Gasteiger partial charge in [0.05, 0.1) is 38.6 Å². The van der Waals surface area contributed by atoms with Crippen LogP contribution in [0.5, 0.6) is 0 Å². The minimum absolute atomic E-state index is 0.107. The molecule has 164 valence electrons. The second-order valence-electron chi connectivity index (χ2n) is 8.46. The van der Waals surface area contributed by atoms with Gasteiger partial charge in [0, 0.05) is 0 Å². The Morgan fingerprint density at radius 1 is 0.815 bits per heavy atom. The van der Waals surface area contributed by atoms with Crippen LogP contribution in [0.1, 0.15) is 66.2 Å². The van der Waals surface area contributed by atoms with Crippen molar-refractivity contribution >= 4 is 0 Å². The Morgan fingerprint density at radius 2 is 1.41 bits per heavy atom. The van der Waals surface area contributed by atoms with Gasteiger partial charge < -0.3 is 35.0 Å². The zero-order valence-corrected chi connectivity index (χ0v) is 17.6. The van der Waals surface area contributed by atoms with E-state index in [4.69, 9.17) is 19.7 Å². The van der Waals surface area contributed by atoms with Gasteiger partial charge in [-0.25, -0.2) is 0 Å². The van der Waals surface area contributed by atoms with Gasteiger partial charge in [-0.1, -0.05) is 40.0 Å². The summed E-state index contributed by atoms with van der Waals surface area (Å²) >= 11 is 0. The molecule has 0 radical (unpaired) electrons. The molecular weight excluding hydrogens is 352 g/mol. The van der Waals surface area contributed by atoms with Crippen LogP contribution in [-0.2, 0) is 9.47 Å². The van der Waals surface area contributed by atoms with Gasteiger partial charge in [-0.05, 0) is 31.6 Å². The molecule has 7 heteroatoms. The van der Waals surface area contributed by atoms with Crippen molar-refractivity contribution in [3.8, 4) is 0 Å². The largest absolute Gasteiger partial charge is 0.394 e. The van der Waals surface area contributed by atoms with Gasteiger partial charge in [0.25, 0.3) is 0 Å². The minimum Gasteiger partial charge on any atom is -0.394 e. The second kappa shape index (κ2) is 13.8. The molecule has 0 aliphatic rings. The van der Waals surface area contributed by atoms with Crippen LogP contribution in [-0.4, -0.2) is 82.5 Å². The summed E-state index contributed by atoms with van der Waals surface area (Å²) in [6.45, 7) is 6.92. The van der Waals surface area contributed by atoms with E-state index in [2.05, 4.69) is 20.8 Å². The number of hydrogen-bond acceptors (Lipinski definition) is 7. The molecule has 0 heterocycles. The Morgan fingerprint density at radius 3 is 1.93 bits per heavy atom. The third-order valence-corrected chi connectivity index (χ3v) is 5.05. The smallest absolute Gasteiger partial charge is 0.109 e. The van der Waals surface area contributed by atoms with E-state index >= 15 is 0 Å². The van der Waals surface area contributed by atoms with Crippen LogP contribution in [0.3, 0.4) is 0 Å². The fraction of sp³-hybridized carbons (Fsp3) is 1.00. The van der Waals surface area contributed by atoms with Crippen LogP contribution in [0.4, 0.5) is 0 Å². The van der Waals surface area contributed by atoms with Crippen LogP contribution in [0.2, 0.25) is 0 Å². The first-order valence-corrected chi connectivity index (χ1v) is 10.1. The van der Waals surface area contributed by atoms with Crippen LogP contribution in [0, 0.1) is 5.41 Å². The van der Waals surface area contributed by atoms with Crippen molar-refractivity contribution in [2.75, 3.05) is 33.0 Å². The molecule has 0 aromatic carbocycles. The Bertz CT molecular complexity index is 356. The maximum absolute atomic E-state index is 10.8.